The lowest BCUT2D eigenvalue weighted by Gasteiger charge is -2.24. The molecule has 6 nitrogen and oxygen atoms in total. The van der Waals surface area contributed by atoms with Gasteiger partial charge in [-0.05, 0) is 6.42 Å². The second-order valence-corrected chi connectivity index (χ2v) is 3.01. The number of hydrogen-bond donors (Lipinski definition) is 2. The number of rotatable bonds is 2. The van der Waals surface area contributed by atoms with Crippen LogP contribution < -0.4 is 10.7 Å². The van der Waals surface area contributed by atoms with Crippen LogP contribution in [0.15, 0.2) is 0 Å². The van der Waals surface area contributed by atoms with E-state index in [1.807, 2.05) is 6.92 Å². The number of Topliss-reactive ketones (excluding diaryl/α,β-unsaturated/α-hetero) is 1. The van der Waals surface area contributed by atoms with Gasteiger partial charge in [-0.25, -0.2) is 10.2 Å². The molecule has 0 aliphatic carbocycles. The Morgan fingerprint density at radius 2 is 2.29 bits per heavy atom. The number of hydrazine groups is 1. The average Bonchev–Trinajstić information content (AvgIpc) is 2.14. The second kappa shape index (κ2) is 4.71. The Bertz CT molecular complexity index is 265. The molecule has 0 aromatic rings. The monoisotopic (exact) mass is 199 g/mol. The minimum absolute atomic E-state index is 0.0330. The van der Waals surface area contributed by atoms with E-state index in [1.54, 1.807) is 0 Å². The highest BCUT2D eigenvalue weighted by atomic mass is 16.2. The molecular weight excluding hydrogens is 186 g/mol. The standard InChI is InChI=1S/C8H13N3O3/c1-2-3-9-8(14)11-7(13)4-6(12)5-10-11/h10H,2-5H2,1H3,(H,9,14). The third kappa shape index (κ3) is 2.53. The van der Waals surface area contributed by atoms with Gasteiger partial charge in [-0.1, -0.05) is 6.92 Å². The Morgan fingerprint density at radius 3 is 2.86 bits per heavy atom. The first kappa shape index (κ1) is 10.6. The fourth-order valence-electron chi connectivity index (χ4n) is 1.06. The number of ketones is 1. The number of nitrogens with zero attached hydrogens (tertiary/aromatic N) is 1. The Hall–Kier alpha value is -1.43. The number of imide groups is 1. The summed E-state index contributed by atoms with van der Waals surface area (Å²) in [6.45, 7) is 2.46. The smallest absolute Gasteiger partial charge is 0.336 e. The molecule has 1 fully saturated rings. The van der Waals surface area contributed by atoms with Crippen molar-refractivity contribution in [2.45, 2.75) is 19.8 Å². The number of urea groups is 1. The summed E-state index contributed by atoms with van der Waals surface area (Å²) in [6.07, 6.45) is 0.596. The molecule has 78 valence electrons. The highest BCUT2D eigenvalue weighted by Crippen LogP contribution is 1.98. The van der Waals surface area contributed by atoms with Crippen molar-refractivity contribution in [1.29, 1.82) is 0 Å². The lowest BCUT2D eigenvalue weighted by molar-refractivity contribution is -0.139. The summed E-state index contributed by atoms with van der Waals surface area (Å²) in [4.78, 5) is 33.3. The lowest BCUT2D eigenvalue weighted by Crippen LogP contribution is -2.57. The summed E-state index contributed by atoms with van der Waals surface area (Å²) in [5.74, 6) is -0.704. The van der Waals surface area contributed by atoms with E-state index < -0.39 is 11.9 Å². The summed E-state index contributed by atoms with van der Waals surface area (Å²) >= 11 is 0. The molecule has 1 aliphatic rings. The van der Waals surface area contributed by atoms with Crippen LogP contribution in [0, 0.1) is 0 Å². The van der Waals surface area contributed by atoms with E-state index >= 15 is 0 Å². The third-order valence-electron chi connectivity index (χ3n) is 1.76. The predicted octanol–water partition coefficient (Wildman–Crippen LogP) is -0.588. The fourth-order valence-corrected chi connectivity index (χ4v) is 1.06. The Kier molecular flexibility index (Phi) is 3.58. The van der Waals surface area contributed by atoms with Crippen LogP contribution in [-0.2, 0) is 9.59 Å². The summed E-state index contributed by atoms with van der Waals surface area (Å²) in [7, 11) is 0. The van der Waals surface area contributed by atoms with Crippen LogP contribution in [0.5, 0.6) is 0 Å². The SMILES string of the molecule is CCCNC(=O)N1NCC(=O)CC1=O. The summed E-state index contributed by atoms with van der Waals surface area (Å²) in [5.41, 5.74) is 2.45. The van der Waals surface area contributed by atoms with Crippen LogP contribution in [0.2, 0.25) is 0 Å². The van der Waals surface area contributed by atoms with Crippen molar-refractivity contribution in [2.24, 2.45) is 0 Å². The maximum atomic E-state index is 11.3. The summed E-state index contributed by atoms with van der Waals surface area (Å²) in [5, 5.41) is 3.40. The van der Waals surface area contributed by atoms with Gasteiger partial charge in [0.1, 0.15) is 0 Å². The van der Waals surface area contributed by atoms with Crippen molar-refractivity contribution in [1.82, 2.24) is 15.8 Å². The first-order chi connectivity index (χ1) is 6.65. The molecule has 2 N–H and O–H groups in total. The number of hydrogen-bond acceptors (Lipinski definition) is 4. The van der Waals surface area contributed by atoms with E-state index in [1.165, 1.54) is 0 Å². The van der Waals surface area contributed by atoms with E-state index in [-0.39, 0.29) is 18.7 Å². The lowest BCUT2D eigenvalue weighted by atomic mass is 10.2. The molecule has 0 radical (unpaired) electrons. The predicted molar refractivity (Wildman–Crippen MR) is 48.2 cm³/mol. The molecule has 0 bridgehead atoms. The van der Waals surface area contributed by atoms with Gasteiger partial charge in [-0.2, -0.15) is 5.01 Å². The van der Waals surface area contributed by atoms with Crippen molar-refractivity contribution in [3.8, 4) is 0 Å². The molecule has 0 aromatic heterocycles. The van der Waals surface area contributed by atoms with Crippen LogP contribution in [0.1, 0.15) is 19.8 Å². The fraction of sp³-hybridized carbons (Fsp3) is 0.625. The van der Waals surface area contributed by atoms with Gasteiger partial charge in [0, 0.05) is 6.54 Å². The van der Waals surface area contributed by atoms with Gasteiger partial charge in [-0.15, -0.1) is 0 Å². The number of carbonyl (C=O) groups excluding carboxylic acids is 3. The van der Waals surface area contributed by atoms with E-state index in [0.29, 0.717) is 6.54 Å². The van der Waals surface area contributed by atoms with Crippen molar-refractivity contribution in [3.63, 3.8) is 0 Å². The molecule has 0 saturated carbocycles. The molecule has 14 heavy (non-hydrogen) atoms. The van der Waals surface area contributed by atoms with Crippen LogP contribution in [0.4, 0.5) is 4.79 Å². The van der Waals surface area contributed by atoms with E-state index in [9.17, 15) is 14.4 Å². The van der Waals surface area contributed by atoms with Gasteiger partial charge in [-0.3, -0.25) is 9.59 Å². The quantitative estimate of drug-likeness (QED) is 0.583. The van der Waals surface area contributed by atoms with Crippen molar-refractivity contribution in [2.75, 3.05) is 13.1 Å². The average molecular weight is 199 g/mol. The number of carbonyl (C=O) groups is 3. The molecular formula is C8H13N3O3. The van der Waals surface area contributed by atoms with E-state index in [2.05, 4.69) is 10.7 Å². The third-order valence-corrected chi connectivity index (χ3v) is 1.76. The summed E-state index contributed by atoms with van der Waals surface area (Å²) in [6, 6.07) is -0.496. The Morgan fingerprint density at radius 1 is 1.57 bits per heavy atom. The van der Waals surface area contributed by atoms with Crippen molar-refractivity contribution >= 4 is 17.7 Å². The maximum absolute atomic E-state index is 11.3. The Balaban J connectivity index is 2.47. The minimum Gasteiger partial charge on any atom is -0.336 e. The first-order valence-corrected chi connectivity index (χ1v) is 4.51. The van der Waals surface area contributed by atoms with Gasteiger partial charge in [0.25, 0.3) is 5.91 Å². The van der Waals surface area contributed by atoms with E-state index in [0.717, 1.165) is 11.4 Å². The molecule has 0 unspecified atom stereocenters. The molecule has 6 heteroatoms. The maximum Gasteiger partial charge on any atom is 0.338 e. The zero-order valence-corrected chi connectivity index (χ0v) is 8.00. The molecule has 3 amide bonds. The van der Waals surface area contributed by atoms with Crippen molar-refractivity contribution < 1.29 is 14.4 Å². The normalized spacial score (nSPS) is 17.1. The highest BCUT2D eigenvalue weighted by Gasteiger charge is 2.28. The molecule has 0 spiro atoms. The van der Waals surface area contributed by atoms with Crippen molar-refractivity contribution in [3.05, 3.63) is 0 Å². The molecule has 1 saturated heterocycles. The Labute approximate surface area is 81.6 Å². The number of amides is 3. The van der Waals surface area contributed by atoms with Gasteiger partial charge in [0.05, 0.1) is 13.0 Å². The molecule has 1 heterocycles. The second-order valence-electron chi connectivity index (χ2n) is 3.01. The number of nitrogens with one attached hydrogen (secondary N) is 2. The minimum atomic E-state index is -0.505. The van der Waals surface area contributed by atoms with Crippen LogP contribution in [0.3, 0.4) is 0 Å². The van der Waals surface area contributed by atoms with Gasteiger partial charge in [0.15, 0.2) is 5.78 Å². The highest BCUT2D eigenvalue weighted by molar-refractivity contribution is 6.06. The zero-order valence-electron chi connectivity index (χ0n) is 8.00. The van der Waals surface area contributed by atoms with Crippen LogP contribution in [0.25, 0.3) is 0 Å². The first-order valence-electron chi connectivity index (χ1n) is 4.51. The molecule has 0 atom stereocenters. The van der Waals surface area contributed by atoms with Gasteiger partial charge in [0.2, 0.25) is 0 Å². The summed E-state index contributed by atoms with van der Waals surface area (Å²) < 4.78 is 0. The van der Waals surface area contributed by atoms with Gasteiger partial charge >= 0.3 is 6.03 Å². The van der Waals surface area contributed by atoms with E-state index in [4.69, 9.17) is 0 Å². The molecule has 1 aliphatic heterocycles. The largest absolute Gasteiger partial charge is 0.338 e. The topological polar surface area (TPSA) is 78.5 Å². The van der Waals surface area contributed by atoms with Crippen LogP contribution in [-0.4, -0.2) is 35.8 Å². The van der Waals surface area contributed by atoms with Gasteiger partial charge < -0.3 is 5.32 Å². The zero-order chi connectivity index (χ0) is 10.6. The molecule has 0 aromatic carbocycles. The van der Waals surface area contributed by atoms with Crippen LogP contribution >= 0.6 is 0 Å². The molecule has 1 rings (SSSR count).